The molecule has 1 aliphatic rings. The fourth-order valence-electron chi connectivity index (χ4n) is 5.53. The van der Waals surface area contributed by atoms with Crippen LogP contribution in [0, 0.1) is 11.8 Å². The van der Waals surface area contributed by atoms with Crippen LogP contribution in [0.4, 0.5) is 5.69 Å². The van der Waals surface area contributed by atoms with Gasteiger partial charge in [-0.1, -0.05) is 23.2 Å². The minimum atomic E-state index is -0.402. The molecule has 1 heterocycles. The highest BCUT2D eigenvalue weighted by molar-refractivity contribution is 7.13. The number of nitrogens with zero attached hydrogens (tertiary/aromatic N) is 1. The normalized spacial score (nSPS) is 18.6. The quantitative estimate of drug-likeness (QED) is 0.126. The number of amides is 1. The number of carbonyl (C=O) groups excluding carboxylic acids is 2. The molecule has 0 saturated heterocycles. The van der Waals surface area contributed by atoms with E-state index in [4.69, 9.17) is 39.5 Å². The predicted molar refractivity (Wildman–Crippen MR) is 164 cm³/mol. The van der Waals surface area contributed by atoms with Crippen LogP contribution < -0.4 is 9.64 Å². The molecule has 1 aromatic heterocycles. The van der Waals surface area contributed by atoms with Crippen LogP contribution in [0.2, 0.25) is 10.0 Å². The molecule has 4 rings (SSSR count). The minimum Gasteiger partial charge on any atom is -0.422 e. The standard InChI is InChI=1S/C31H34Cl3NO4S/c1-20(37)35(15-16-36)25-8-10-26(11-9-25)39-31(38)30-14-12-27(40-30)3-2-4-28-22(7-13-29(28)34)6-5-21-17-23(32)19-24(33)18-21/h8-12,14,17-19,22,28-29,36H,2-7,13,15-16H2,1H3/t22-,28+,29+/m0/s1. The SMILES string of the molecule is CC(=O)N(CCO)c1ccc(OC(=O)c2ccc(CCC[C@@H]3[C@@H](CCc4cc(Cl)cc(Cl)c4)CC[C@H]3Cl)s2)cc1. The van der Waals surface area contributed by atoms with Crippen LogP contribution in [0.25, 0.3) is 0 Å². The number of aryl methyl sites for hydroxylation is 2. The Hall–Kier alpha value is -2.09. The highest BCUT2D eigenvalue weighted by Crippen LogP contribution is 2.41. The number of anilines is 1. The minimum absolute atomic E-state index is 0.135. The maximum atomic E-state index is 12.7. The van der Waals surface area contributed by atoms with Gasteiger partial charge in [0.05, 0.1) is 6.61 Å². The summed E-state index contributed by atoms with van der Waals surface area (Å²) in [7, 11) is 0. The molecule has 1 fully saturated rings. The smallest absolute Gasteiger partial charge is 0.353 e. The van der Waals surface area contributed by atoms with E-state index in [0.29, 0.717) is 38.2 Å². The maximum absolute atomic E-state index is 12.7. The number of halogens is 3. The van der Waals surface area contributed by atoms with E-state index in [1.54, 1.807) is 30.3 Å². The summed E-state index contributed by atoms with van der Waals surface area (Å²) in [5.41, 5.74) is 1.81. The molecule has 0 unspecified atom stereocenters. The number of carbonyl (C=O) groups is 2. The molecule has 0 aliphatic heterocycles. The van der Waals surface area contributed by atoms with Crippen molar-refractivity contribution in [1.82, 2.24) is 0 Å². The molecule has 0 bridgehead atoms. The number of hydrogen-bond donors (Lipinski definition) is 1. The zero-order chi connectivity index (χ0) is 28.6. The van der Waals surface area contributed by atoms with Gasteiger partial charge in [-0.2, -0.15) is 0 Å². The van der Waals surface area contributed by atoms with Crippen LogP contribution in [0.1, 0.15) is 59.1 Å². The number of thiophene rings is 1. The molecule has 2 aromatic carbocycles. The summed E-state index contributed by atoms with van der Waals surface area (Å²) in [5, 5.41) is 10.7. The number of aliphatic hydroxyl groups is 1. The Morgan fingerprint density at radius 2 is 1.73 bits per heavy atom. The van der Waals surface area contributed by atoms with Crippen LogP contribution in [0.3, 0.4) is 0 Å². The van der Waals surface area contributed by atoms with Crippen molar-refractivity contribution in [2.45, 2.75) is 57.2 Å². The summed E-state index contributed by atoms with van der Waals surface area (Å²) in [4.78, 5) is 27.7. The molecule has 0 spiro atoms. The van der Waals surface area contributed by atoms with Crippen molar-refractivity contribution in [3.05, 3.63) is 80.0 Å². The molecule has 214 valence electrons. The Kier molecular flexibility index (Phi) is 11.3. The zero-order valence-corrected chi connectivity index (χ0v) is 25.5. The van der Waals surface area contributed by atoms with Gasteiger partial charge in [-0.05, 0) is 117 Å². The lowest BCUT2D eigenvalue weighted by Crippen LogP contribution is -2.31. The van der Waals surface area contributed by atoms with E-state index in [-0.39, 0.29) is 24.4 Å². The summed E-state index contributed by atoms with van der Waals surface area (Å²) in [5.74, 6) is 0.904. The topological polar surface area (TPSA) is 66.8 Å². The first-order valence-corrected chi connectivity index (χ1v) is 15.6. The predicted octanol–water partition coefficient (Wildman–Crippen LogP) is 8.21. The summed E-state index contributed by atoms with van der Waals surface area (Å²) >= 11 is 20.5. The van der Waals surface area contributed by atoms with Crippen LogP contribution in [-0.4, -0.2) is 35.5 Å². The number of hydrogen-bond acceptors (Lipinski definition) is 5. The van der Waals surface area contributed by atoms with Crippen LogP contribution in [0.15, 0.2) is 54.6 Å². The molecule has 40 heavy (non-hydrogen) atoms. The van der Waals surface area contributed by atoms with Crippen LogP contribution in [0.5, 0.6) is 5.75 Å². The highest BCUT2D eigenvalue weighted by Gasteiger charge is 2.34. The van der Waals surface area contributed by atoms with Crippen molar-refractivity contribution in [2.75, 3.05) is 18.1 Å². The van der Waals surface area contributed by atoms with Gasteiger partial charge >= 0.3 is 5.97 Å². The Labute approximate surface area is 255 Å². The van der Waals surface area contributed by atoms with Crippen LogP contribution >= 0.6 is 46.1 Å². The van der Waals surface area contributed by atoms with E-state index in [9.17, 15) is 14.7 Å². The first kappa shape index (κ1) is 30.9. The lowest BCUT2D eigenvalue weighted by atomic mass is 9.86. The summed E-state index contributed by atoms with van der Waals surface area (Å²) in [6.07, 6.45) is 7.21. The van der Waals surface area contributed by atoms with Crippen molar-refractivity contribution in [2.24, 2.45) is 11.8 Å². The lowest BCUT2D eigenvalue weighted by molar-refractivity contribution is -0.116. The average molecular weight is 623 g/mol. The van der Waals surface area contributed by atoms with Gasteiger partial charge in [-0.3, -0.25) is 4.79 Å². The fraction of sp³-hybridized carbons (Fsp3) is 0.419. The average Bonchev–Trinajstić information content (AvgIpc) is 3.53. The third-order valence-corrected chi connectivity index (χ3v) is 9.60. The summed E-state index contributed by atoms with van der Waals surface area (Å²) < 4.78 is 5.55. The van der Waals surface area contributed by atoms with E-state index < -0.39 is 5.97 Å². The number of alkyl halides is 1. The van der Waals surface area contributed by atoms with Crippen molar-refractivity contribution >= 4 is 63.7 Å². The molecule has 0 radical (unpaired) electrons. The second-order valence-corrected chi connectivity index (χ2v) is 12.9. The first-order chi connectivity index (χ1) is 19.2. The molecular weight excluding hydrogens is 589 g/mol. The number of ether oxygens (including phenoxy) is 1. The Morgan fingerprint density at radius 3 is 2.40 bits per heavy atom. The Balaban J connectivity index is 1.26. The van der Waals surface area contributed by atoms with Gasteiger partial charge in [-0.25, -0.2) is 4.79 Å². The molecule has 3 aromatic rings. The summed E-state index contributed by atoms with van der Waals surface area (Å²) in [6, 6.07) is 16.3. The molecule has 5 nitrogen and oxygen atoms in total. The van der Waals surface area contributed by atoms with E-state index in [2.05, 4.69) is 0 Å². The molecule has 1 N–H and O–H groups in total. The van der Waals surface area contributed by atoms with E-state index in [1.165, 1.54) is 28.7 Å². The summed E-state index contributed by atoms with van der Waals surface area (Å²) in [6.45, 7) is 1.51. The van der Waals surface area contributed by atoms with Crippen molar-refractivity contribution in [1.29, 1.82) is 0 Å². The number of aliphatic hydroxyl groups excluding tert-OH is 1. The van der Waals surface area contributed by atoms with Crippen molar-refractivity contribution in [3.63, 3.8) is 0 Å². The maximum Gasteiger partial charge on any atom is 0.353 e. The molecule has 9 heteroatoms. The van der Waals surface area contributed by atoms with Gasteiger partial charge in [0.1, 0.15) is 10.6 Å². The fourth-order valence-corrected chi connectivity index (χ4v) is 7.49. The van der Waals surface area contributed by atoms with Gasteiger partial charge in [0, 0.05) is 39.5 Å². The number of benzene rings is 2. The van der Waals surface area contributed by atoms with Gasteiger partial charge in [0.25, 0.3) is 0 Å². The third-order valence-electron chi connectivity index (χ3n) is 7.50. The third kappa shape index (κ3) is 8.46. The number of rotatable bonds is 12. The van der Waals surface area contributed by atoms with Crippen LogP contribution in [-0.2, 0) is 17.6 Å². The van der Waals surface area contributed by atoms with Gasteiger partial charge in [0.15, 0.2) is 0 Å². The second-order valence-electron chi connectivity index (χ2n) is 10.3. The monoisotopic (exact) mass is 621 g/mol. The van der Waals surface area contributed by atoms with E-state index >= 15 is 0 Å². The largest absolute Gasteiger partial charge is 0.422 e. The second kappa shape index (κ2) is 14.7. The van der Waals surface area contributed by atoms with Gasteiger partial charge in [0.2, 0.25) is 5.91 Å². The van der Waals surface area contributed by atoms with Gasteiger partial charge in [-0.15, -0.1) is 22.9 Å². The molecule has 1 aliphatic carbocycles. The zero-order valence-electron chi connectivity index (χ0n) is 22.5. The number of esters is 1. The molecule has 3 atom stereocenters. The van der Waals surface area contributed by atoms with Gasteiger partial charge < -0.3 is 14.7 Å². The molecular formula is C31H34Cl3NO4S. The molecule has 1 amide bonds. The van der Waals surface area contributed by atoms with Crippen molar-refractivity contribution < 1.29 is 19.4 Å². The Bertz CT molecular complexity index is 1280. The van der Waals surface area contributed by atoms with E-state index in [0.717, 1.165) is 49.8 Å². The Morgan fingerprint density at radius 1 is 1.00 bits per heavy atom. The first-order valence-electron chi connectivity index (χ1n) is 13.6. The van der Waals surface area contributed by atoms with E-state index in [1.807, 2.05) is 24.3 Å². The lowest BCUT2D eigenvalue weighted by Gasteiger charge is -2.22. The van der Waals surface area contributed by atoms with Crippen molar-refractivity contribution in [3.8, 4) is 5.75 Å². The highest BCUT2D eigenvalue weighted by atomic mass is 35.5. The molecule has 1 saturated carbocycles.